The maximum atomic E-state index is 12.2. The first-order valence-electron chi connectivity index (χ1n) is 6.09. The molecule has 0 aliphatic carbocycles. The monoisotopic (exact) mass is 272 g/mol. The Kier molecular flexibility index (Phi) is 4.20. The van der Waals surface area contributed by atoms with Gasteiger partial charge in [0.1, 0.15) is 5.82 Å². The van der Waals surface area contributed by atoms with Crippen LogP contribution >= 0.6 is 0 Å². The summed E-state index contributed by atoms with van der Waals surface area (Å²) in [7, 11) is 3.09. The van der Waals surface area contributed by atoms with Crippen LogP contribution in [0.2, 0.25) is 0 Å². The van der Waals surface area contributed by atoms with Crippen LogP contribution < -0.4 is 15.2 Å². The number of Topliss-reactive ketones (excluding diaryl/α,β-unsaturated/α-hetero) is 1. The number of rotatable bonds is 5. The maximum Gasteiger partial charge on any atom is 0.167 e. The Morgan fingerprint density at radius 3 is 2.55 bits per heavy atom. The summed E-state index contributed by atoms with van der Waals surface area (Å²) in [4.78, 5) is 16.1. The highest BCUT2D eigenvalue weighted by Crippen LogP contribution is 2.28. The lowest BCUT2D eigenvalue weighted by Crippen LogP contribution is -2.05. The van der Waals surface area contributed by atoms with Gasteiger partial charge in [0, 0.05) is 18.2 Å². The Labute approximate surface area is 117 Å². The van der Waals surface area contributed by atoms with Crippen molar-refractivity contribution in [3.63, 3.8) is 0 Å². The largest absolute Gasteiger partial charge is 0.493 e. The molecule has 1 aromatic heterocycles. The van der Waals surface area contributed by atoms with Gasteiger partial charge < -0.3 is 15.2 Å². The number of aromatic nitrogens is 1. The van der Waals surface area contributed by atoms with Crippen molar-refractivity contribution in [1.29, 1.82) is 0 Å². The molecule has 5 heteroatoms. The third kappa shape index (κ3) is 3.06. The summed E-state index contributed by atoms with van der Waals surface area (Å²) in [5.41, 5.74) is 7.00. The molecule has 1 heterocycles. The summed E-state index contributed by atoms with van der Waals surface area (Å²) in [6, 6.07) is 8.57. The van der Waals surface area contributed by atoms with E-state index >= 15 is 0 Å². The van der Waals surface area contributed by atoms with E-state index in [0.717, 1.165) is 5.56 Å². The summed E-state index contributed by atoms with van der Waals surface area (Å²) < 4.78 is 10.3. The van der Waals surface area contributed by atoms with Gasteiger partial charge in [-0.3, -0.25) is 4.79 Å². The number of carbonyl (C=O) groups excluding carboxylic acids is 1. The molecule has 0 fully saturated rings. The van der Waals surface area contributed by atoms with Gasteiger partial charge in [-0.05, 0) is 35.9 Å². The van der Waals surface area contributed by atoms with Gasteiger partial charge in [0.15, 0.2) is 17.3 Å². The summed E-state index contributed by atoms with van der Waals surface area (Å²) in [5.74, 6) is 1.52. The number of nitrogens with zero attached hydrogens (tertiary/aromatic N) is 1. The van der Waals surface area contributed by atoms with E-state index < -0.39 is 0 Å². The van der Waals surface area contributed by atoms with Gasteiger partial charge in [-0.15, -0.1) is 0 Å². The van der Waals surface area contributed by atoms with Gasteiger partial charge in [-0.25, -0.2) is 4.98 Å². The van der Waals surface area contributed by atoms with Crippen LogP contribution in [0.5, 0.6) is 11.5 Å². The predicted octanol–water partition coefficient (Wildman–Crippen LogP) is 2.11. The number of hydrogen-bond donors (Lipinski definition) is 1. The molecule has 0 atom stereocenters. The van der Waals surface area contributed by atoms with Crippen molar-refractivity contribution >= 4 is 11.6 Å². The third-order valence-corrected chi connectivity index (χ3v) is 2.92. The van der Waals surface area contributed by atoms with Crippen molar-refractivity contribution in [2.24, 2.45) is 0 Å². The number of carbonyl (C=O) groups is 1. The van der Waals surface area contributed by atoms with E-state index in [1.165, 1.54) is 7.11 Å². The first-order valence-corrected chi connectivity index (χ1v) is 6.09. The summed E-state index contributed by atoms with van der Waals surface area (Å²) in [5, 5.41) is 0. The zero-order valence-corrected chi connectivity index (χ0v) is 11.4. The average molecular weight is 272 g/mol. The highest BCUT2D eigenvalue weighted by atomic mass is 16.5. The second kappa shape index (κ2) is 6.06. The number of nitrogens with two attached hydrogens (primary N) is 1. The second-order valence-corrected chi connectivity index (χ2v) is 4.26. The highest BCUT2D eigenvalue weighted by Gasteiger charge is 2.11. The Morgan fingerprint density at radius 1 is 1.15 bits per heavy atom. The molecule has 0 saturated heterocycles. The van der Waals surface area contributed by atoms with Gasteiger partial charge in [-0.1, -0.05) is 0 Å². The zero-order valence-electron chi connectivity index (χ0n) is 11.4. The molecule has 0 unspecified atom stereocenters. The zero-order chi connectivity index (χ0) is 14.5. The van der Waals surface area contributed by atoms with Gasteiger partial charge in [0.05, 0.1) is 14.2 Å². The molecule has 2 N–H and O–H groups in total. The summed E-state index contributed by atoms with van der Waals surface area (Å²) in [6.07, 6.45) is 1.86. The van der Waals surface area contributed by atoms with Crippen molar-refractivity contribution in [3.8, 4) is 11.5 Å². The Hall–Kier alpha value is -2.56. The van der Waals surface area contributed by atoms with E-state index in [9.17, 15) is 4.79 Å². The van der Waals surface area contributed by atoms with Crippen LogP contribution in [0.25, 0.3) is 0 Å². The van der Waals surface area contributed by atoms with Crippen molar-refractivity contribution in [2.75, 3.05) is 20.0 Å². The van der Waals surface area contributed by atoms with Crippen molar-refractivity contribution in [2.45, 2.75) is 6.42 Å². The molecule has 2 aromatic rings. The summed E-state index contributed by atoms with van der Waals surface area (Å²) >= 11 is 0. The Balaban J connectivity index is 2.21. The Morgan fingerprint density at radius 2 is 1.90 bits per heavy atom. The lowest BCUT2D eigenvalue weighted by molar-refractivity contribution is 0.0992. The predicted molar refractivity (Wildman–Crippen MR) is 76.2 cm³/mol. The standard InChI is InChI=1S/C15H16N2O3/c1-19-13-4-3-11(9-14(13)20-2)12(18)7-10-5-6-17-15(16)8-10/h3-6,8-9H,7H2,1-2H3,(H2,16,17). The van der Waals surface area contributed by atoms with Crippen LogP contribution in [0.3, 0.4) is 0 Å². The molecule has 0 amide bonds. The molecular weight excluding hydrogens is 256 g/mol. The minimum absolute atomic E-state index is 0.0171. The van der Waals surface area contributed by atoms with Crippen LogP contribution in [0.4, 0.5) is 5.82 Å². The third-order valence-electron chi connectivity index (χ3n) is 2.92. The van der Waals surface area contributed by atoms with Crippen LogP contribution in [0.1, 0.15) is 15.9 Å². The van der Waals surface area contributed by atoms with E-state index in [1.807, 2.05) is 0 Å². The average Bonchev–Trinajstić information content (AvgIpc) is 2.46. The van der Waals surface area contributed by atoms with Gasteiger partial charge >= 0.3 is 0 Å². The van der Waals surface area contributed by atoms with Gasteiger partial charge in [0.25, 0.3) is 0 Å². The molecule has 0 radical (unpaired) electrons. The first kappa shape index (κ1) is 13.9. The van der Waals surface area contributed by atoms with E-state index in [0.29, 0.717) is 22.9 Å². The number of anilines is 1. The number of ether oxygens (including phenoxy) is 2. The normalized spacial score (nSPS) is 10.1. The fraction of sp³-hybridized carbons (Fsp3) is 0.200. The molecular formula is C15H16N2O3. The lowest BCUT2D eigenvalue weighted by atomic mass is 10.0. The highest BCUT2D eigenvalue weighted by molar-refractivity contribution is 5.98. The van der Waals surface area contributed by atoms with Crippen LogP contribution in [-0.2, 0) is 6.42 Å². The van der Waals surface area contributed by atoms with Gasteiger partial charge in [0.2, 0.25) is 0 Å². The molecule has 1 aromatic carbocycles. The van der Waals surface area contributed by atoms with Gasteiger partial charge in [-0.2, -0.15) is 0 Å². The lowest BCUT2D eigenvalue weighted by Gasteiger charge is -2.09. The van der Waals surface area contributed by atoms with E-state index in [2.05, 4.69) is 4.98 Å². The molecule has 0 spiro atoms. The molecule has 5 nitrogen and oxygen atoms in total. The SMILES string of the molecule is COc1ccc(C(=O)Cc2ccnc(N)c2)cc1OC. The smallest absolute Gasteiger partial charge is 0.167 e. The first-order chi connectivity index (χ1) is 9.63. The van der Waals surface area contributed by atoms with E-state index in [1.54, 1.807) is 43.6 Å². The van der Waals surface area contributed by atoms with E-state index in [-0.39, 0.29) is 12.2 Å². The minimum atomic E-state index is -0.0171. The van der Waals surface area contributed by atoms with Crippen molar-refractivity contribution in [1.82, 2.24) is 4.98 Å². The Bertz CT molecular complexity index is 626. The quantitative estimate of drug-likeness (QED) is 0.844. The maximum absolute atomic E-state index is 12.2. The number of methoxy groups -OCH3 is 2. The van der Waals surface area contributed by atoms with E-state index in [4.69, 9.17) is 15.2 Å². The van der Waals surface area contributed by atoms with Crippen LogP contribution in [-0.4, -0.2) is 25.0 Å². The molecule has 20 heavy (non-hydrogen) atoms. The topological polar surface area (TPSA) is 74.4 Å². The number of benzene rings is 1. The number of pyridine rings is 1. The molecule has 0 aliphatic heterocycles. The minimum Gasteiger partial charge on any atom is -0.493 e. The van der Waals surface area contributed by atoms with Crippen LogP contribution in [0, 0.1) is 0 Å². The second-order valence-electron chi connectivity index (χ2n) is 4.26. The molecule has 104 valence electrons. The fourth-order valence-electron chi connectivity index (χ4n) is 1.90. The molecule has 0 saturated carbocycles. The van der Waals surface area contributed by atoms with Crippen molar-refractivity contribution < 1.29 is 14.3 Å². The van der Waals surface area contributed by atoms with Crippen LogP contribution in [0.15, 0.2) is 36.5 Å². The van der Waals surface area contributed by atoms with Crippen molar-refractivity contribution in [3.05, 3.63) is 47.7 Å². The number of nitrogen functional groups attached to an aromatic ring is 1. The number of ketones is 1. The fourth-order valence-corrected chi connectivity index (χ4v) is 1.90. The molecule has 2 rings (SSSR count). The molecule has 0 bridgehead atoms. The molecule has 0 aliphatic rings. The number of hydrogen-bond acceptors (Lipinski definition) is 5. The summed E-state index contributed by atoms with van der Waals surface area (Å²) in [6.45, 7) is 0.